The van der Waals surface area contributed by atoms with E-state index in [0.717, 1.165) is 30.9 Å². The number of carbonyl (C=O) groups excluding carboxylic acids is 1. The highest BCUT2D eigenvalue weighted by atomic mass is 16.5. The summed E-state index contributed by atoms with van der Waals surface area (Å²) in [6.45, 7) is 5.84. The van der Waals surface area contributed by atoms with Crippen molar-refractivity contribution < 1.29 is 9.53 Å². The molecule has 0 aliphatic rings. The molecular weight excluding hydrogens is 218 g/mol. The smallest absolute Gasteiger partial charge is 0.305 e. The number of nitrogens with one attached hydrogen (secondary N) is 1. The summed E-state index contributed by atoms with van der Waals surface area (Å²) in [5, 5.41) is 7.55. The van der Waals surface area contributed by atoms with E-state index in [1.807, 2.05) is 25.6 Å². The van der Waals surface area contributed by atoms with Crippen molar-refractivity contribution >= 4 is 5.97 Å². The first-order valence-corrected chi connectivity index (χ1v) is 5.99. The van der Waals surface area contributed by atoms with Crippen LogP contribution in [0.2, 0.25) is 0 Å². The van der Waals surface area contributed by atoms with E-state index in [2.05, 4.69) is 16.5 Å². The van der Waals surface area contributed by atoms with Crippen LogP contribution >= 0.6 is 0 Å². The lowest BCUT2D eigenvalue weighted by atomic mass is 10.3. The summed E-state index contributed by atoms with van der Waals surface area (Å²) in [5.41, 5.74) is 2.18. The minimum atomic E-state index is -0.120. The zero-order valence-corrected chi connectivity index (χ0v) is 10.8. The van der Waals surface area contributed by atoms with Gasteiger partial charge in [-0.3, -0.25) is 9.48 Å². The number of ether oxygens (including phenoxy) is 1. The second kappa shape index (κ2) is 7.06. The zero-order valence-electron chi connectivity index (χ0n) is 10.8. The lowest BCUT2D eigenvalue weighted by Crippen LogP contribution is -2.18. The number of aromatic nitrogens is 2. The van der Waals surface area contributed by atoms with Gasteiger partial charge in [-0.2, -0.15) is 5.10 Å². The van der Waals surface area contributed by atoms with Gasteiger partial charge in [0.1, 0.15) is 0 Å². The number of carbonyl (C=O) groups is 1. The maximum absolute atomic E-state index is 11.1. The van der Waals surface area contributed by atoms with Crippen LogP contribution in [0.25, 0.3) is 0 Å². The molecule has 1 rings (SSSR count). The fourth-order valence-electron chi connectivity index (χ4n) is 1.64. The highest BCUT2D eigenvalue weighted by Crippen LogP contribution is 2.01. The molecule has 96 valence electrons. The first-order chi connectivity index (χ1) is 8.13. The van der Waals surface area contributed by atoms with Gasteiger partial charge in [0.2, 0.25) is 0 Å². The molecule has 1 N–H and O–H groups in total. The zero-order chi connectivity index (χ0) is 12.7. The van der Waals surface area contributed by atoms with Crippen molar-refractivity contribution in [1.82, 2.24) is 15.1 Å². The van der Waals surface area contributed by atoms with Crippen LogP contribution in [0, 0.1) is 6.92 Å². The summed E-state index contributed by atoms with van der Waals surface area (Å²) in [6.07, 6.45) is 1.28. The Hall–Kier alpha value is -1.36. The van der Waals surface area contributed by atoms with Crippen molar-refractivity contribution in [1.29, 1.82) is 0 Å². The van der Waals surface area contributed by atoms with E-state index in [1.54, 1.807) is 0 Å². The highest BCUT2D eigenvalue weighted by molar-refractivity contribution is 5.69. The van der Waals surface area contributed by atoms with Crippen LogP contribution in [-0.4, -0.2) is 28.9 Å². The van der Waals surface area contributed by atoms with Crippen LogP contribution in [0.4, 0.5) is 0 Å². The molecule has 1 aromatic rings. The molecule has 0 spiro atoms. The molecule has 0 atom stereocenters. The van der Waals surface area contributed by atoms with Crippen LogP contribution in [0.5, 0.6) is 0 Å². The molecule has 1 heterocycles. The summed E-state index contributed by atoms with van der Waals surface area (Å²) < 4.78 is 6.72. The maximum atomic E-state index is 11.1. The molecule has 0 fully saturated rings. The topological polar surface area (TPSA) is 56.1 Å². The van der Waals surface area contributed by atoms with Gasteiger partial charge >= 0.3 is 5.97 Å². The molecule has 0 aliphatic heterocycles. The van der Waals surface area contributed by atoms with E-state index in [-0.39, 0.29) is 5.97 Å². The van der Waals surface area contributed by atoms with Crippen LogP contribution in [0.1, 0.15) is 31.2 Å². The molecule has 0 saturated heterocycles. The van der Waals surface area contributed by atoms with Gasteiger partial charge in [0, 0.05) is 20.0 Å². The van der Waals surface area contributed by atoms with Crippen LogP contribution in [0.3, 0.4) is 0 Å². The third kappa shape index (κ3) is 4.99. The predicted molar refractivity (Wildman–Crippen MR) is 65.5 cm³/mol. The Bertz CT molecular complexity index is 361. The molecule has 5 heteroatoms. The Morgan fingerprint density at radius 2 is 2.35 bits per heavy atom. The minimum absolute atomic E-state index is 0.120. The Morgan fingerprint density at radius 3 is 2.94 bits per heavy atom. The van der Waals surface area contributed by atoms with Crippen molar-refractivity contribution in [2.75, 3.05) is 13.2 Å². The number of hydrogen-bond acceptors (Lipinski definition) is 4. The molecule has 0 bridgehead atoms. The Kier molecular flexibility index (Phi) is 5.69. The van der Waals surface area contributed by atoms with Gasteiger partial charge in [-0.05, 0) is 32.9 Å². The summed E-state index contributed by atoms with van der Waals surface area (Å²) in [7, 11) is 1.93. The molecule has 0 amide bonds. The van der Waals surface area contributed by atoms with E-state index >= 15 is 0 Å². The number of hydrogen-bond donors (Lipinski definition) is 1. The second-order valence-corrected chi connectivity index (χ2v) is 3.99. The molecular formula is C12H21N3O2. The Labute approximate surface area is 102 Å². The van der Waals surface area contributed by atoms with Gasteiger partial charge in [-0.1, -0.05) is 0 Å². The lowest BCUT2D eigenvalue weighted by molar-refractivity contribution is -0.143. The normalized spacial score (nSPS) is 10.5. The number of nitrogens with zero attached hydrogens (tertiary/aromatic N) is 2. The molecule has 0 saturated carbocycles. The average Bonchev–Trinajstić information content (AvgIpc) is 2.57. The molecule has 5 nitrogen and oxygen atoms in total. The summed E-state index contributed by atoms with van der Waals surface area (Å²) in [4.78, 5) is 11.1. The van der Waals surface area contributed by atoms with E-state index in [9.17, 15) is 4.79 Å². The number of aryl methyl sites for hydroxylation is 2. The van der Waals surface area contributed by atoms with E-state index < -0.39 is 0 Å². The van der Waals surface area contributed by atoms with Gasteiger partial charge in [0.25, 0.3) is 0 Å². The van der Waals surface area contributed by atoms with Crippen molar-refractivity contribution in [3.05, 3.63) is 17.5 Å². The number of esters is 1. The third-order valence-corrected chi connectivity index (χ3v) is 2.44. The van der Waals surface area contributed by atoms with Gasteiger partial charge in [-0.15, -0.1) is 0 Å². The van der Waals surface area contributed by atoms with Gasteiger partial charge in [-0.25, -0.2) is 0 Å². The fourth-order valence-corrected chi connectivity index (χ4v) is 1.64. The molecule has 0 aliphatic carbocycles. The lowest BCUT2D eigenvalue weighted by Gasteiger charge is -2.05. The molecule has 1 aromatic heterocycles. The predicted octanol–water partition coefficient (Wildman–Crippen LogP) is 1.16. The first-order valence-electron chi connectivity index (χ1n) is 5.99. The van der Waals surface area contributed by atoms with Gasteiger partial charge in [0.15, 0.2) is 0 Å². The molecule has 0 aromatic carbocycles. The fraction of sp³-hybridized carbons (Fsp3) is 0.667. The summed E-state index contributed by atoms with van der Waals surface area (Å²) >= 11 is 0. The average molecular weight is 239 g/mol. The quantitative estimate of drug-likeness (QED) is 0.573. The van der Waals surface area contributed by atoms with Crippen molar-refractivity contribution in [2.24, 2.45) is 7.05 Å². The van der Waals surface area contributed by atoms with E-state index in [0.29, 0.717) is 13.0 Å². The summed E-state index contributed by atoms with van der Waals surface area (Å²) in [5.74, 6) is -0.120. The maximum Gasteiger partial charge on any atom is 0.305 e. The van der Waals surface area contributed by atoms with Crippen LogP contribution < -0.4 is 5.32 Å². The second-order valence-electron chi connectivity index (χ2n) is 3.99. The third-order valence-electron chi connectivity index (χ3n) is 2.44. The standard InChI is InChI=1S/C12H21N3O2/c1-4-17-12(16)6-5-7-13-9-11-8-10(2)14-15(11)3/h8,13H,4-7,9H2,1-3H3. The van der Waals surface area contributed by atoms with E-state index in [1.165, 1.54) is 0 Å². The largest absolute Gasteiger partial charge is 0.466 e. The van der Waals surface area contributed by atoms with Crippen molar-refractivity contribution in [3.8, 4) is 0 Å². The Balaban J connectivity index is 2.12. The number of rotatable bonds is 7. The SMILES string of the molecule is CCOC(=O)CCCNCc1cc(C)nn1C. The van der Waals surface area contributed by atoms with E-state index in [4.69, 9.17) is 4.74 Å². The first kappa shape index (κ1) is 13.7. The van der Waals surface area contributed by atoms with Gasteiger partial charge in [0.05, 0.1) is 18.0 Å². The molecule has 17 heavy (non-hydrogen) atoms. The van der Waals surface area contributed by atoms with Crippen LogP contribution in [-0.2, 0) is 23.1 Å². The minimum Gasteiger partial charge on any atom is -0.466 e. The van der Waals surface area contributed by atoms with Gasteiger partial charge < -0.3 is 10.1 Å². The monoisotopic (exact) mass is 239 g/mol. The van der Waals surface area contributed by atoms with Crippen LogP contribution in [0.15, 0.2) is 6.07 Å². The molecule has 0 radical (unpaired) electrons. The van der Waals surface area contributed by atoms with Crippen molar-refractivity contribution in [2.45, 2.75) is 33.2 Å². The Morgan fingerprint density at radius 1 is 1.59 bits per heavy atom. The highest BCUT2D eigenvalue weighted by Gasteiger charge is 2.02. The molecule has 0 unspecified atom stereocenters. The van der Waals surface area contributed by atoms with Crippen molar-refractivity contribution in [3.63, 3.8) is 0 Å². The summed E-state index contributed by atoms with van der Waals surface area (Å²) in [6, 6.07) is 2.05.